The van der Waals surface area contributed by atoms with Crippen LogP contribution in [0.1, 0.15) is 16.7 Å². The van der Waals surface area contributed by atoms with Crippen molar-refractivity contribution in [2.75, 3.05) is 20.0 Å². The lowest BCUT2D eigenvalue weighted by Crippen LogP contribution is -2.27. The first-order valence-corrected chi connectivity index (χ1v) is 14.3. The SMILES string of the molecule is COc1ccc(CCn2c(SCC(=O)NCc3ccc(C)cc3)nc3c(sc4ccccc43)c2=O)cc1OC. The summed E-state index contributed by atoms with van der Waals surface area (Å²) in [5.74, 6) is 1.33. The molecule has 0 saturated carbocycles. The van der Waals surface area contributed by atoms with Crippen LogP contribution in [0, 0.1) is 6.92 Å². The summed E-state index contributed by atoms with van der Waals surface area (Å²) in [5.41, 5.74) is 3.81. The molecule has 0 unspecified atom stereocenters. The number of thioether (sulfide) groups is 1. The molecule has 1 N–H and O–H groups in total. The van der Waals surface area contributed by atoms with Crippen LogP contribution in [-0.4, -0.2) is 35.4 Å². The number of methoxy groups -OCH3 is 2. The second kappa shape index (κ2) is 11.9. The summed E-state index contributed by atoms with van der Waals surface area (Å²) >= 11 is 2.74. The normalized spacial score (nSPS) is 11.2. The predicted octanol–water partition coefficient (Wildman–Crippen LogP) is 5.59. The van der Waals surface area contributed by atoms with E-state index in [0.29, 0.717) is 46.4 Å². The Balaban J connectivity index is 1.41. The fourth-order valence-corrected chi connectivity index (χ4v) is 6.26. The largest absolute Gasteiger partial charge is 0.493 e. The number of ether oxygens (including phenoxy) is 2. The van der Waals surface area contributed by atoms with E-state index in [1.807, 2.05) is 73.7 Å². The van der Waals surface area contributed by atoms with E-state index >= 15 is 0 Å². The Bertz CT molecular complexity index is 1690. The summed E-state index contributed by atoms with van der Waals surface area (Å²) in [6.45, 7) is 2.90. The first kappa shape index (κ1) is 26.8. The minimum absolute atomic E-state index is 0.0933. The average Bonchev–Trinajstić information content (AvgIpc) is 3.34. The molecule has 1 amide bonds. The Morgan fingerprint density at radius 1 is 1.00 bits per heavy atom. The molecular weight excluding hydrogens is 530 g/mol. The third-order valence-electron chi connectivity index (χ3n) is 6.46. The number of aromatic nitrogens is 2. The molecule has 0 aliphatic carbocycles. The highest BCUT2D eigenvalue weighted by Gasteiger charge is 2.18. The van der Waals surface area contributed by atoms with Gasteiger partial charge in [0.05, 0.1) is 25.5 Å². The molecule has 0 spiro atoms. The molecule has 3 aromatic carbocycles. The van der Waals surface area contributed by atoms with E-state index < -0.39 is 0 Å². The maximum absolute atomic E-state index is 13.7. The van der Waals surface area contributed by atoms with Crippen molar-refractivity contribution in [1.82, 2.24) is 14.9 Å². The minimum atomic E-state index is -0.114. The number of thiophene rings is 1. The number of amides is 1. The maximum Gasteiger partial charge on any atom is 0.272 e. The number of fused-ring (bicyclic) bond motifs is 3. The molecule has 2 heterocycles. The summed E-state index contributed by atoms with van der Waals surface area (Å²) < 4.78 is 14.1. The topological polar surface area (TPSA) is 82.5 Å². The van der Waals surface area contributed by atoms with Crippen LogP contribution in [0.25, 0.3) is 20.3 Å². The third kappa shape index (κ3) is 5.94. The molecule has 200 valence electrons. The van der Waals surface area contributed by atoms with Gasteiger partial charge in [0.2, 0.25) is 5.91 Å². The van der Waals surface area contributed by atoms with Gasteiger partial charge in [-0.15, -0.1) is 11.3 Å². The van der Waals surface area contributed by atoms with Gasteiger partial charge in [0.25, 0.3) is 5.56 Å². The van der Waals surface area contributed by atoms with E-state index in [2.05, 4.69) is 5.32 Å². The number of rotatable bonds is 10. The van der Waals surface area contributed by atoms with Crippen LogP contribution in [0.3, 0.4) is 0 Å². The summed E-state index contributed by atoms with van der Waals surface area (Å²) in [5, 5.41) is 4.45. The van der Waals surface area contributed by atoms with Gasteiger partial charge in [-0.1, -0.05) is 65.9 Å². The molecule has 5 aromatic rings. The van der Waals surface area contributed by atoms with E-state index in [1.54, 1.807) is 18.8 Å². The third-order valence-corrected chi connectivity index (χ3v) is 8.59. The Morgan fingerprint density at radius 3 is 2.51 bits per heavy atom. The van der Waals surface area contributed by atoms with Gasteiger partial charge in [0, 0.05) is 23.2 Å². The zero-order valence-corrected chi connectivity index (χ0v) is 23.7. The number of nitrogens with zero attached hydrogens (tertiary/aromatic N) is 2. The first-order valence-electron chi connectivity index (χ1n) is 12.5. The molecule has 9 heteroatoms. The zero-order chi connectivity index (χ0) is 27.4. The number of hydrogen-bond donors (Lipinski definition) is 1. The number of aryl methyl sites for hydroxylation is 2. The van der Waals surface area contributed by atoms with Gasteiger partial charge in [0.1, 0.15) is 4.70 Å². The molecule has 0 aliphatic heterocycles. The van der Waals surface area contributed by atoms with E-state index in [0.717, 1.165) is 21.2 Å². The van der Waals surface area contributed by atoms with Gasteiger partial charge in [-0.2, -0.15) is 0 Å². The van der Waals surface area contributed by atoms with Gasteiger partial charge in [-0.05, 0) is 42.7 Å². The molecule has 0 fully saturated rings. The summed E-state index contributed by atoms with van der Waals surface area (Å²) in [4.78, 5) is 31.3. The predicted molar refractivity (Wildman–Crippen MR) is 158 cm³/mol. The molecule has 0 atom stereocenters. The van der Waals surface area contributed by atoms with Gasteiger partial charge in [-0.3, -0.25) is 14.2 Å². The van der Waals surface area contributed by atoms with E-state index in [9.17, 15) is 9.59 Å². The van der Waals surface area contributed by atoms with Crippen molar-refractivity contribution in [3.05, 3.63) is 93.8 Å². The fourth-order valence-electron chi connectivity index (χ4n) is 4.33. The lowest BCUT2D eigenvalue weighted by molar-refractivity contribution is -0.118. The number of carbonyl (C=O) groups is 1. The molecule has 39 heavy (non-hydrogen) atoms. The van der Waals surface area contributed by atoms with Crippen molar-refractivity contribution >= 4 is 49.3 Å². The Kier molecular flexibility index (Phi) is 8.18. The molecule has 2 aromatic heterocycles. The van der Waals surface area contributed by atoms with Crippen LogP contribution in [0.15, 0.2) is 76.7 Å². The Hall–Kier alpha value is -3.82. The smallest absolute Gasteiger partial charge is 0.272 e. The Labute approximate surface area is 234 Å². The van der Waals surface area contributed by atoms with E-state index in [4.69, 9.17) is 14.5 Å². The summed E-state index contributed by atoms with van der Waals surface area (Å²) in [6, 6.07) is 21.7. The van der Waals surface area contributed by atoms with Crippen LogP contribution in [0.5, 0.6) is 11.5 Å². The standard InChI is InChI=1S/C30H29N3O4S2/c1-19-8-10-21(11-9-19)17-31-26(34)18-38-30-32-27-22-6-4-5-7-25(22)39-28(27)29(35)33(30)15-14-20-12-13-23(36-2)24(16-20)37-3/h4-13,16H,14-15,17-18H2,1-3H3,(H,31,34). The second-order valence-corrected chi connectivity index (χ2v) is 11.1. The van der Waals surface area contributed by atoms with Gasteiger partial charge < -0.3 is 14.8 Å². The van der Waals surface area contributed by atoms with Crippen molar-refractivity contribution < 1.29 is 14.3 Å². The molecular formula is C30H29N3O4S2. The van der Waals surface area contributed by atoms with Gasteiger partial charge >= 0.3 is 0 Å². The van der Waals surface area contributed by atoms with E-state index in [-0.39, 0.29) is 17.2 Å². The highest BCUT2D eigenvalue weighted by atomic mass is 32.2. The first-order chi connectivity index (χ1) is 19.0. The average molecular weight is 560 g/mol. The number of carbonyl (C=O) groups excluding carboxylic acids is 1. The lowest BCUT2D eigenvalue weighted by atomic mass is 10.1. The summed E-state index contributed by atoms with van der Waals surface area (Å²) in [7, 11) is 3.20. The second-order valence-electron chi connectivity index (χ2n) is 9.12. The maximum atomic E-state index is 13.7. The number of nitrogens with one attached hydrogen (secondary N) is 1. The molecule has 0 aliphatic rings. The molecule has 7 nitrogen and oxygen atoms in total. The fraction of sp³-hybridized carbons (Fsp3) is 0.233. The summed E-state index contributed by atoms with van der Waals surface area (Å²) in [6.07, 6.45) is 0.589. The number of benzene rings is 3. The van der Waals surface area contributed by atoms with Crippen LogP contribution < -0.4 is 20.3 Å². The van der Waals surface area contributed by atoms with Crippen molar-refractivity contribution in [3.8, 4) is 11.5 Å². The highest BCUT2D eigenvalue weighted by Crippen LogP contribution is 2.32. The Morgan fingerprint density at radius 2 is 1.74 bits per heavy atom. The molecule has 0 saturated heterocycles. The van der Waals surface area contributed by atoms with Gasteiger partial charge in [-0.25, -0.2) is 4.98 Å². The quantitative estimate of drug-likeness (QED) is 0.178. The molecule has 5 rings (SSSR count). The van der Waals surface area contributed by atoms with Crippen LogP contribution in [0.2, 0.25) is 0 Å². The van der Waals surface area contributed by atoms with Crippen molar-refractivity contribution in [1.29, 1.82) is 0 Å². The number of hydrogen-bond acceptors (Lipinski definition) is 7. The highest BCUT2D eigenvalue weighted by molar-refractivity contribution is 7.99. The van der Waals surface area contributed by atoms with E-state index in [1.165, 1.54) is 28.7 Å². The molecule has 0 bridgehead atoms. The minimum Gasteiger partial charge on any atom is -0.493 e. The van der Waals surface area contributed by atoms with Crippen molar-refractivity contribution in [2.45, 2.75) is 31.6 Å². The zero-order valence-electron chi connectivity index (χ0n) is 22.0. The van der Waals surface area contributed by atoms with Crippen LogP contribution >= 0.6 is 23.1 Å². The molecule has 0 radical (unpaired) electrons. The lowest BCUT2D eigenvalue weighted by Gasteiger charge is -2.13. The van der Waals surface area contributed by atoms with Crippen LogP contribution in [0.4, 0.5) is 0 Å². The van der Waals surface area contributed by atoms with Gasteiger partial charge in [0.15, 0.2) is 16.7 Å². The van der Waals surface area contributed by atoms with Crippen LogP contribution in [-0.2, 0) is 24.3 Å². The monoisotopic (exact) mass is 559 g/mol. The van der Waals surface area contributed by atoms with Crippen molar-refractivity contribution in [3.63, 3.8) is 0 Å². The van der Waals surface area contributed by atoms with Crippen molar-refractivity contribution in [2.24, 2.45) is 0 Å².